The van der Waals surface area contributed by atoms with Crippen LogP contribution in [0.3, 0.4) is 0 Å². The molecule has 0 spiro atoms. The lowest BCUT2D eigenvalue weighted by atomic mass is 10.1. The normalized spacial score (nSPS) is 10.2. The molecule has 5 N–H and O–H groups in total. The van der Waals surface area contributed by atoms with Crippen molar-refractivity contribution in [2.45, 2.75) is 6.54 Å². The molecule has 9 nitrogen and oxygen atoms in total. The summed E-state index contributed by atoms with van der Waals surface area (Å²) in [6, 6.07) is 1.63. The number of nitrogens with two attached hydrogens (primary N) is 1. The highest BCUT2D eigenvalue weighted by atomic mass is 19.1. The van der Waals surface area contributed by atoms with Crippen molar-refractivity contribution in [3.8, 4) is 0 Å². The first-order chi connectivity index (χ1) is 10.0. The van der Waals surface area contributed by atoms with Crippen LogP contribution in [0.2, 0.25) is 0 Å². The van der Waals surface area contributed by atoms with E-state index in [1.54, 1.807) is 6.20 Å². The van der Waals surface area contributed by atoms with Crippen LogP contribution in [0.25, 0.3) is 0 Å². The molecule has 0 aliphatic rings. The first-order valence-corrected chi connectivity index (χ1v) is 5.73. The molecule has 0 saturated carbocycles. The van der Waals surface area contributed by atoms with Crippen molar-refractivity contribution in [2.75, 3.05) is 5.43 Å². The van der Waals surface area contributed by atoms with E-state index in [0.717, 1.165) is 6.07 Å². The van der Waals surface area contributed by atoms with Crippen LogP contribution in [-0.2, 0) is 6.54 Å². The molecule has 0 atom stereocenters. The number of benzene rings is 1. The number of carbonyl (C=O) groups is 1. The summed E-state index contributed by atoms with van der Waals surface area (Å²) in [7, 11) is 0. The number of nitro benzene ring substituents is 1. The molecule has 1 aromatic carbocycles. The van der Waals surface area contributed by atoms with Gasteiger partial charge in [-0.1, -0.05) is 0 Å². The van der Waals surface area contributed by atoms with Crippen LogP contribution < -0.4 is 16.6 Å². The Labute approximate surface area is 117 Å². The minimum absolute atomic E-state index is 0.120. The van der Waals surface area contributed by atoms with Crippen LogP contribution in [0.5, 0.6) is 0 Å². The van der Waals surface area contributed by atoms with E-state index in [1.165, 1.54) is 6.20 Å². The first-order valence-electron chi connectivity index (χ1n) is 5.73. The lowest BCUT2D eigenvalue weighted by Crippen LogP contribution is -2.24. The predicted molar refractivity (Wildman–Crippen MR) is 70.6 cm³/mol. The molecule has 0 aliphatic carbocycles. The van der Waals surface area contributed by atoms with E-state index in [-0.39, 0.29) is 17.8 Å². The lowest BCUT2D eigenvalue weighted by molar-refractivity contribution is -0.385. The minimum atomic E-state index is -0.921. The number of hydrogen-bond acceptors (Lipinski definition) is 6. The van der Waals surface area contributed by atoms with Crippen LogP contribution in [0, 0.1) is 15.9 Å². The molecular weight excluding hydrogens is 283 g/mol. The number of aromatic nitrogens is 2. The number of nitro groups is 1. The Morgan fingerprint density at radius 1 is 1.52 bits per heavy atom. The number of nitrogens with one attached hydrogen (secondary N) is 3. The van der Waals surface area contributed by atoms with Gasteiger partial charge in [-0.25, -0.2) is 4.39 Å². The second-order valence-corrected chi connectivity index (χ2v) is 4.04. The Morgan fingerprint density at radius 2 is 2.29 bits per heavy atom. The summed E-state index contributed by atoms with van der Waals surface area (Å²) < 4.78 is 13.5. The standard InChI is InChI=1S/C11H11FN6O3/c12-8-2-10(18(20)21)7(1-9(8)17-13)11(19)14-3-6-4-15-16-5-6/h1-2,4-5,17H,3,13H2,(H,14,19)(H,15,16). The highest BCUT2D eigenvalue weighted by molar-refractivity contribution is 5.99. The maximum atomic E-state index is 13.5. The monoisotopic (exact) mass is 294 g/mol. The first kappa shape index (κ1) is 14.4. The fourth-order valence-corrected chi connectivity index (χ4v) is 1.66. The van der Waals surface area contributed by atoms with Crippen molar-refractivity contribution in [1.29, 1.82) is 0 Å². The van der Waals surface area contributed by atoms with E-state index in [2.05, 4.69) is 15.5 Å². The maximum Gasteiger partial charge on any atom is 0.285 e. The summed E-state index contributed by atoms with van der Waals surface area (Å²) in [4.78, 5) is 22.1. The summed E-state index contributed by atoms with van der Waals surface area (Å²) in [6.07, 6.45) is 3.05. The minimum Gasteiger partial charge on any atom is -0.348 e. The van der Waals surface area contributed by atoms with E-state index < -0.39 is 22.3 Å². The molecule has 0 saturated heterocycles. The second kappa shape index (κ2) is 5.96. The molecule has 0 radical (unpaired) electrons. The molecule has 0 bridgehead atoms. The summed E-state index contributed by atoms with van der Waals surface area (Å²) in [5.74, 6) is 3.45. The number of nitrogens with zero attached hydrogens (tertiary/aromatic N) is 2. The molecule has 1 heterocycles. The number of hydrogen-bond donors (Lipinski definition) is 4. The molecule has 10 heteroatoms. The number of hydrazine groups is 1. The largest absolute Gasteiger partial charge is 0.348 e. The zero-order valence-corrected chi connectivity index (χ0v) is 10.6. The van der Waals surface area contributed by atoms with Crippen molar-refractivity contribution in [2.24, 2.45) is 5.84 Å². The highest BCUT2D eigenvalue weighted by Crippen LogP contribution is 2.25. The van der Waals surface area contributed by atoms with Gasteiger partial charge in [-0.05, 0) is 6.07 Å². The number of nitrogen functional groups attached to an aromatic ring is 1. The van der Waals surface area contributed by atoms with Crippen molar-refractivity contribution in [3.63, 3.8) is 0 Å². The topological polar surface area (TPSA) is 139 Å². The molecule has 0 aliphatic heterocycles. The van der Waals surface area contributed by atoms with E-state index >= 15 is 0 Å². The van der Waals surface area contributed by atoms with Crippen LogP contribution >= 0.6 is 0 Å². The lowest BCUT2D eigenvalue weighted by Gasteiger charge is -2.08. The van der Waals surface area contributed by atoms with Crippen LogP contribution in [0.15, 0.2) is 24.5 Å². The Balaban J connectivity index is 2.27. The van der Waals surface area contributed by atoms with Crippen LogP contribution in [0.4, 0.5) is 15.8 Å². The average molecular weight is 294 g/mol. The van der Waals surface area contributed by atoms with Crippen molar-refractivity contribution in [3.05, 3.63) is 51.6 Å². The van der Waals surface area contributed by atoms with E-state index in [9.17, 15) is 19.3 Å². The van der Waals surface area contributed by atoms with Gasteiger partial charge >= 0.3 is 0 Å². The Morgan fingerprint density at radius 3 is 2.86 bits per heavy atom. The van der Waals surface area contributed by atoms with E-state index in [1.807, 2.05) is 5.43 Å². The van der Waals surface area contributed by atoms with Gasteiger partial charge in [0.25, 0.3) is 11.6 Å². The zero-order chi connectivity index (χ0) is 15.4. The molecule has 1 aromatic heterocycles. The third-order valence-electron chi connectivity index (χ3n) is 2.69. The number of H-pyrrole nitrogens is 1. The Bertz CT molecular complexity index is 673. The smallest absolute Gasteiger partial charge is 0.285 e. The zero-order valence-electron chi connectivity index (χ0n) is 10.6. The van der Waals surface area contributed by atoms with Crippen molar-refractivity contribution in [1.82, 2.24) is 15.5 Å². The molecule has 21 heavy (non-hydrogen) atoms. The molecule has 0 unspecified atom stereocenters. The van der Waals surface area contributed by atoms with Crippen LogP contribution in [-0.4, -0.2) is 21.0 Å². The van der Waals surface area contributed by atoms with Gasteiger partial charge in [0.05, 0.1) is 22.9 Å². The van der Waals surface area contributed by atoms with E-state index in [0.29, 0.717) is 11.6 Å². The number of halogens is 1. The van der Waals surface area contributed by atoms with E-state index in [4.69, 9.17) is 5.84 Å². The number of rotatable bonds is 5. The average Bonchev–Trinajstić information content (AvgIpc) is 2.97. The van der Waals surface area contributed by atoms with Crippen LogP contribution in [0.1, 0.15) is 15.9 Å². The van der Waals surface area contributed by atoms with Gasteiger partial charge in [0.2, 0.25) is 0 Å². The van der Waals surface area contributed by atoms with Gasteiger partial charge in [0, 0.05) is 18.3 Å². The van der Waals surface area contributed by atoms with Gasteiger partial charge in [0.15, 0.2) is 5.82 Å². The molecule has 2 rings (SSSR count). The highest BCUT2D eigenvalue weighted by Gasteiger charge is 2.23. The second-order valence-electron chi connectivity index (χ2n) is 4.04. The summed E-state index contributed by atoms with van der Waals surface area (Å²) in [6.45, 7) is 0.120. The quantitative estimate of drug-likeness (QED) is 0.363. The van der Waals surface area contributed by atoms with Gasteiger partial charge in [-0.2, -0.15) is 5.10 Å². The Hall–Kier alpha value is -3.01. The van der Waals surface area contributed by atoms with Crippen molar-refractivity contribution >= 4 is 17.3 Å². The number of aromatic amines is 1. The van der Waals surface area contributed by atoms with Gasteiger partial charge in [0.1, 0.15) is 5.56 Å². The molecule has 110 valence electrons. The number of anilines is 1. The Kier molecular flexibility index (Phi) is 4.09. The number of carbonyl (C=O) groups excluding carboxylic acids is 1. The fraction of sp³-hybridized carbons (Fsp3) is 0.0909. The third-order valence-corrected chi connectivity index (χ3v) is 2.69. The van der Waals surface area contributed by atoms with Crippen molar-refractivity contribution < 1.29 is 14.1 Å². The molecule has 0 fully saturated rings. The third kappa shape index (κ3) is 3.12. The summed E-state index contributed by atoms with van der Waals surface area (Å²) in [5, 5.41) is 19.6. The molecule has 2 aromatic rings. The summed E-state index contributed by atoms with van der Waals surface area (Å²) in [5.41, 5.74) is 1.57. The number of amides is 1. The molecule has 1 amide bonds. The van der Waals surface area contributed by atoms with Gasteiger partial charge < -0.3 is 10.7 Å². The fourth-order valence-electron chi connectivity index (χ4n) is 1.66. The molecular formula is C11H11FN6O3. The summed E-state index contributed by atoms with van der Waals surface area (Å²) >= 11 is 0. The maximum absolute atomic E-state index is 13.5. The van der Waals surface area contributed by atoms with Gasteiger partial charge in [-0.15, -0.1) is 0 Å². The van der Waals surface area contributed by atoms with Gasteiger partial charge in [-0.3, -0.25) is 25.9 Å². The predicted octanol–water partition coefficient (Wildman–Crippen LogP) is 0.673. The SMILES string of the molecule is NNc1cc(C(=O)NCc2cn[nH]c2)c([N+](=O)[O-])cc1F.